The Morgan fingerprint density at radius 2 is 2.11 bits per heavy atom. The summed E-state index contributed by atoms with van der Waals surface area (Å²) in [7, 11) is 1.99. The number of aromatic nitrogens is 3. The highest BCUT2D eigenvalue weighted by molar-refractivity contribution is 9.10. The second kappa shape index (κ2) is 4.75. The number of aryl methyl sites for hydroxylation is 1. The number of imidazole rings is 1. The van der Waals surface area contributed by atoms with Gasteiger partial charge < -0.3 is 10.3 Å². The lowest BCUT2D eigenvalue weighted by molar-refractivity contribution is 0.949. The van der Waals surface area contributed by atoms with Gasteiger partial charge in [0, 0.05) is 24.3 Å². The zero-order chi connectivity index (χ0) is 13.4. The first kappa shape index (κ1) is 12.3. The largest absolute Gasteiger partial charge is 0.326 e. The SMILES string of the molecule is Cn1c(-c2ncccc2Br)nc2c(CN)cccc21. The number of nitrogens with zero attached hydrogens (tertiary/aromatic N) is 3. The first-order valence-electron chi connectivity index (χ1n) is 5.97. The minimum Gasteiger partial charge on any atom is -0.326 e. The van der Waals surface area contributed by atoms with E-state index in [9.17, 15) is 0 Å². The number of halogens is 1. The van der Waals surface area contributed by atoms with Crippen molar-refractivity contribution < 1.29 is 0 Å². The van der Waals surface area contributed by atoms with E-state index in [1.54, 1.807) is 6.20 Å². The minimum atomic E-state index is 0.483. The number of benzene rings is 1. The maximum absolute atomic E-state index is 5.77. The van der Waals surface area contributed by atoms with E-state index in [0.717, 1.165) is 32.6 Å². The molecular formula is C14H13BrN4. The monoisotopic (exact) mass is 316 g/mol. The molecule has 4 nitrogen and oxygen atoms in total. The molecule has 2 N–H and O–H groups in total. The lowest BCUT2D eigenvalue weighted by Gasteiger charge is -2.03. The van der Waals surface area contributed by atoms with Crippen molar-refractivity contribution in [1.29, 1.82) is 0 Å². The van der Waals surface area contributed by atoms with Crippen molar-refractivity contribution in [3.8, 4) is 11.5 Å². The first-order chi connectivity index (χ1) is 9.22. The third kappa shape index (κ3) is 1.95. The van der Waals surface area contributed by atoms with E-state index in [1.807, 2.05) is 41.9 Å². The number of nitrogens with two attached hydrogens (primary N) is 1. The van der Waals surface area contributed by atoms with E-state index in [2.05, 4.69) is 20.9 Å². The molecule has 0 radical (unpaired) electrons. The zero-order valence-corrected chi connectivity index (χ0v) is 12.1. The lowest BCUT2D eigenvalue weighted by atomic mass is 10.2. The standard InChI is InChI=1S/C14H13BrN4/c1-19-11-6-2-4-9(8-16)12(11)18-14(19)13-10(15)5-3-7-17-13/h2-7H,8,16H2,1H3. The fraction of sp³-hybridized carbons (Fsp3) is 0.143. The molecular weight excluding hydrogens is 304 g/mol. The molecule has 0 aliphatic carbocycles. The summed E-state index contributed by atoms with van der Waals surface area (Å²) in [4.78, 5) is 9.10. The Morgan fingerprint density at radius 3 is 2.84 bits per heavy atom. The molecule has 0 atom stereocenters. The molecule has 0 aliphatic rings. The molecule has 2 heterocycles. The molecule has 3 rings (SSSR count). The predicted molar refractivity (Wildman–Crippen MR) is 79.5 cm³/mol. The maximum atomic E-state index is 5.77. The molecule has 0 bridgehead atoms. The maximum Gasteiger partial charge on any atom is 0.160 e. The van der Waals surface area contributed by atoms with Gasteiger partial charge in [-0.05, 0) is 39.7 Å². The summed E-state index contributed by atoms with van der Waals surface area (Å²) in [5.41, 5.74) is 9.66. The fourth-order valence-electron chi connectivity index (χ4n) is 2.20. The van der Waals surface area contributed by atoms with Crippen molar-refractivity contribution in [2.24, 2.45) is 12.8 Å². The van der Waals surface area contributed by atoms with Crippen LogP contribution in [0.25, 0.3) is 22.6 Å². The third-order valence-corrected chi connectivity index (χ3v) is 3.83. The van der Waals surface area contributed by atoms with Crippen LogP contribution in [0.15, 0.2) is 41.0 Å². The van der Waals surface area contributed by atoms with Crippen LogP contribution in [0, 0.1) is 0 Å². The van der Waals surface area contributed by atoms with Gasteiger partial charge in [0.05, 0.1) is 11.0 Å². The van der Waals surface area contributed by atoms with Crippen LogP contribution in [0.2, 0.25) is 0 Å². The van der Waals surface area contributed by atoms with Crippen molar-refractivity contribution in [3.05, 3.63) is 46.6 Å². The van der Waals surface area contributed by atoms with Crippen molar-refractivity contribution in [3.63, 3.8) is 0 Å². The highest BCUT2D eigenvalue weighted by atomic mass is 79.9. The van der Waals surface area contributed by atoms with Crippen LogP contribution in [0.5, 0.6) is 0 Å². The van der Waals surface area contributed by atoms with Crippen molar-refractivity contribution in [2.75, 3.05) is 0 Å². The van der Waals surface area contributed by atoms with Gasteiger partial charge in [-0.15, -0.1) is 0 Å². The number of rotatable bonds is 2. The van der Waals surface area contributed by atoms with Gasteiger partial charge in [-0.2, -0.15) is 0 Å². The smallest absolute Gasteiger partial charge is 0.160 e. The van der Waals surface area contributed by atoms with Crippen LogP contribution in [0.4, 0.5) is 0 Å². The molecule has 2 aromatic heterocycles. The molecule has 5 heteroatoms. The summed E-state index contributed by atoms with van der Waals surface area (Å²) in [5, 5.41) is 0. The van der Waals surface area contributed by atoms with Gasteiger partial charge >= 0.3 is 0 Å². The second-order valence-electron chi connectivity index (χ2n) is 4.32. The van der Waals surface area contributed by atoms with E-state index in [-0.39, 0.29) is 0 Å². The van der Waals surface area contributed by atoms with Gasteiger partial charge in [0.25, 0.3) is 0 Å². The topological polar surface area (TPSA) is 56.7 Å². The Balaban J connectivity index is 2.32. The van der Waals surface area contributed by atoms with E-state index in [1.165, 1.54) is 0 Å². The molecule has 1 aromatic carbocycles. The summed E-state index contributed by atoms with van der Waals surface area (Å²) in [6, 6.07) is 9.91. The average Bonchev–Trinajstić information content (AvgIpc) is 2.77. The Hall–Kier alpha value is -1.72. The molecule has 0 fully saturated rings. The number of para-hydroxylation sites is 1. The summed E-state index contributed by atoms with van der Waals surface area (Å²) >= 11 is 3.52. The number of pyridine rings is 1. The molecule has 0 saturated carbocycles. The number of fused-ring (bicyclic) bond motifs is 1. The highest BCUT2D eigenvalue weighted by Crippen LogP contribution is 2.28. The van der Waals surface area contributed by atoms with E-state index in [0.29, 0.717) is 6.54 Å². The molecule has 0 aliphatic heterocycles. The highest BCUT2D eigenvalue weighted by Gasteiger charge is 2.14. The van der Waals surface area contributed by atoms with Gasteiger partial charge in [0.2, 0.25) is 0 Å². The summed E-state index contributed by atoms with van der Waals surface area (Å²) in [6.07, 6.45) is 1.77. The summed E-state index contributed by atoms with van der Waals surface area (Å²) < 4.78 is 2.98. The number of hydrogen-bond acceptors (Lipinski definition) is 3. The third-order valence-electron chi connectivity index (χ3n) is 3.19. The van der Waals surface area contributed by atoms with Gasteiger partial charge in [0.15, 0.2) is 5.82 Å². The number of hydrogen-bond donors (Lipinski definition) is 1. The van der Waals surface area contributed by atoms with E-state index in [4.69, 9.17) is 10.7 Å². The Morgan fingerprint density at radius 1 is 1.26 bits per heavy atom. The molecule has 0 amide bonds. The normalized spacial score (nSPS) is 11.1. The van der Waals surface area contributed by atoms with Gasteiger partial charge in [-0.3, -0.25) is 4.98 Å². The minimum absolute atomic E-state index is 0.483. The quantitative estimate of drug-likeness (QED) is 0.791. The fourth-order valence-corrected chi connectivity index (χ4v) is 2.63. The first-order valence-corrected chi connectivity index (χ1v) is 6.77. The van der Waals surface area contributed by atoms with Crippen LogP contribution in [-0.2, 0) is 13.6 Å². The average molecular weight is 317 g/mol. The van der Waals surface area contributed by atoms with Crippen LogP contribution < -0.4 is 5.73 Å². The Bertz CT molecular complexity index is 748. The van der Waals surface area contributed by atoms with Gasteiger partial charge in [-0.1, -0.05) is 12.1 Å². The van der Waals surface area contributed by atoms with Crippen LogP contribution in [-0.4, -0.2) is 14.5 Å². The predicted octanol–water partition coefficient (Wildman–Crippen LogP) is 2.86. The van der Waals surface area contributed by atoms with E-state index < -0.39 is 0 Å². The van der Waals surface area contributed by atoms with Crippen LogP contribution in [0.3, 0.4) is 0 Å². The van der Waals surface area contributed by atoms with Gasteiger partial charge in [0.1, 0.15) is 5.69 Å². The van der Waals surface area contributed by atoms with Crippen LogP contribution >= 0.6 is 15.9 Å². The van der Waals surface area contributed by atoms with Crippen LogP contribution in [0.1, 0.15) is 5.56 Å². The molecule has 96 valence electrons. The molecule has 0 spiro atoms. The molecule has 0 saturated heterocycles. The lowest BCUT2D eigenvalue weighted by Crippen LogP contribution is -1.97. The van der Waals surface area contributed by atoms with Crippen molar-refractivity contribution >= 4 is 27.0 Å². The Labute approximate surface area is 119 Å². The summed E-state index contributed by atoms with van der Waals surface area (Å²) in [6.45, 7) is 0.483. The molecule has 19 heavy (non-hydrogen) atoms. The Kier molecular flexibility index (Phi) is 3.08. The second-order valence-corrected chi connectivity index (χ2v) is 5.17. The summed E-state index contributed by atoms with van der Waals surface area (Å²) in [5.74, 6) is 0.836. The van der Waals surface area contributed by atoms with E-state index >= 15 is 0 Å². The zero-order valence-electron chi connectivity index (χ0n) is 10.5. The van der Waals surface area contributed by atoms with Crippen molar-refractivity contribution in [1.82, 2.24) is 14.5 Å². The molecule has 3 aromatic rings. The van der Waals surface area contributed by atoms with Crippen molar-refractivity contribution in [2.45, 2.75) is 6.54 Å². The molecule has 0 unspecified atom stereocenters. The van der Waals surface area contributed by atoms with Gasteiger partial charge in [-0.25, -0.2) is 4.98 Å².